The van der Waals surface area contributed by atoms with Crippen molar-refractivity contribution in [1.29, 1.82) is 0 Å². The van der Waals surface area contributed by atoms with E-state index in [1.54, 1.807) is 77.6 Å². The predicted molar refractivity (Wildman–Crippen MR) is 131 cm³/mol. The van der Waals surface area contributed by atoms with Crippen LogP contribution in [0.5, 0.6) is 0 Å². The van der Waals surface area contributed by atoms with E-state index in [1.165, 1.54) is 23.5 Å². The van der Waals surface area contributed by atoms with Crippen LogP contribution in [0.2, 0.25) is 0 Å². The van der Waals surface area contributed by atoms with E-state index >= 15 is 0 Å². The molecule has 0 aliphatic carbocycles. The Morgan fingerprint density at radius 2 is 1.59 bits per heavy atom. The summed E-state index contributed by atoms with van der Waals surface area (Å²) in [6, 6.07) is 22.3. The number of aromatic nitrogens is 3. The molecule has 0 saturated carbocycles. The third-order valence-electron chi connectivity index (χ3n) is 4.88. The number of nitrogens with one attached hydrogen (secondary N) is 2. The van der Waals surface area contributed by atoms with Crippen LogP contribution in [0.25, 0.3) is 16.9 Å². The van der Waals surface area contributed by atoms with Crippen molar-refractivity contribution in [2.24, 2.45) is 0 Å². The number of carbonyl (C=O) groups excluding carboxylic acids is 1. The van der Waals surface area contributed by atoms with E-state index in [0.717, 1.165) is 0 Å². The summed E-state index contributed by atoms with van der Waals surface area (Å²) in [5, 5.41) is 4.68. The third-order valence-corrected chi connectivity index (χ3v) is 7.11. The lowest BCUT2D eigenvalue weighted by Gasteiger charge is -2.09. The second-order valence-electron chi connectivity index (χ2n) is 7.23. The maximum atomic E-state index is 13.0. The van der Waals surface area contributed by atoms with Crippen molar-refractivity contribution in [1.82, 2.24) is 9.97 Å². The molecule has 0 aliphatic heterocycles. The van der Waals surface area contributed by atoms with Gasteiger partial charge in [0.2, 0.25) is 11.3 Å². The van der Waals surface area contributed by atoms with E-state index in [0.29, 0.717) is 21.6 Å². The van der Waals surface area contributed by atoms with Gasteiger partial charge in [-0.1, -0.05) is 36.4 Å². The number of pyridine rings is 1. The van der Waals surface area contributed by atoms with Gasteiger partial charge in [-0.15, -0.1) is 11.3 Å². The van der Waals surface area contributed by atoms with Gasteiger partial charge in [-0.25, -0.2) is 13.4 Å². The molecule has 0 atom stereocenters. The third kappa shape index (κ3) is 4.49. The Morgan fingerprint density at radius 1 is 0.853 bits per heavy atom. The molecular weight excluding hydrogens is 470 g/mol. The number of hydrogen-bond donors (Lipinski definition) is 2. The van der Waals surface area contributed by atoms with E-state index in [1.807, 2.05) is 11.4 Å². The SMILES string of the molecule is O=C(Nc1ccc[n+](-c2nc3ccccc3nc2NS(=O)(=O)c2ccccc2)c1)c1cccs1. The minimum absolute atomic E-state index is 0.0642. The molecule has 5 rings (SSSR count). The first kappa shape index (κ1) is 21.7. The lowest BCUT2D eigenvalue weighted by Crippen LogP contribution is -2.34. The van der Waals surface area contributed by atoms with Gasteiger partial charge in [-0.3, -0.25) is 9.52 Å². The van der Waals surface area contributed by atoms with Crippen molar-refractivity contribution in [3.63, 3.8) is 0 Å². The quantitative estimate of drug-likeness (QED) is 0.351. The summed E-state index contributed by atoms with van der Waals surface area (Å²) < 4.78 is 30.2. The maximum Gasteiger partial charge on any atom is 0.372 e. The zero-order valence-electron chi connectivity index (χ0n) is 17.6. The van der Waals surface area contributed by atoms with E-state index < -0.39 is 10.0 Å². The minimum Gasteiger partial charge on any atom is -0.318 e. The second kappa shape index (κ2) is 9.00. The first-order valence-electron chi connectivity index (χ1n) is 10.2. The van der Waals surface area contributed by atoms with Gasteiger partial charge in [0, 0.05) is 0 Å². The molecule has 3 aromatic heterocycles. The molecule has 0 unspecified atom stereocenters. The molecule has 1 amide bonds. The van der Waals surface area contributed by atoms with Gasteiger partial charge in [-0.2, -0.15) is 4.57 Å². The zero-order chi connectivity index (χ0) is 23.5. The molecule has 0 spiro atoms. The lowest BCUT2D eigenvalue weighted by molar-refractivity contribution is -0.598. The van der Waals surface area contributed by atoms with Gasteiger partial charge < -0.3 is 5.32 Å². The number of amides is 1. The molecule has 8 nitrogen and oxygen atoms in total. The first-order chi connectivity index (χ1) is 16.5. The van der Waals surface area contributed by atoms with Crippen LogP contribution < -0.4 is 14.6 Å². The van der Waals surface area contributed by atoms with Crippen molar-refractivity contribution >= 4 is 49.8 Å². The van der Waals surface area contributed by atoms with Crippen LogP contribution in [0.3, 0.4) is 0 Å². The Hall–Kier alpha value is -4.15. The van der Waals surface area contributed by atoms with Crippen molar-refractivity contribution in [2.45, 2.75) is 4.90 Å². The maximum absolute atomic E-state index is 13.0. The summed E-state index contributed by atoms with van der Waals surface area (Å²) >= 11 is 1.34. The Labute approximate surface area is 199 Å². The standard InChI is InChI=1S/C24H17N5O3S2/c30-24(21-13-7-15-33-21)25-17-8-6-14-29(16-17)23-22(26-19-11-4-5-12-20(19)27-23)28-34(31,32)18-9-2-1-3-10-18/h1-16H,(H-,25,26,28,30)/p+1. The van der Waals surface area contributed by atoms with Crippen LogP contribution in [-0.4, -0.2) is 24.3 Å². The zero-order valence-corrected chi connectivity index (χ0v) is 19.3. The monoisotopic (exact) mass is 488 g/mol. The van der Waals surface area contributed by atoms with Crippen LogP contribution in [0.1, 0.15) is 9.67 Å². The average Bonchev–Trinajstić information content (AvgIpc) is 3.39. The number of para-hydroxylation sites is 2. The molecule has 2 N–H and O–H groups in total. The van der Waals surface area contributed by atoms with Gasteiger partial charge in [-0.05, 0) is 52.8 Å². The minimum atomic E-state index is -3.91. The fraction of sp³-hybridized carbons (Fsp3) is 0. The van der Waals surface area contributed by atoms with Gasteiger partial charge in [0.1, 0.15) is 11.7 Å². The Morgan fingerprint density at radius 3 is 2.32 bits per heavy atom. The van der Waals surface area contributed by atoms with E-state index in [2.05, 4.69) is 20.0 Å². The molecule has 168 valence electrons. The Balaban J connectivity index is 1.57. The van der Waals surface area contributed by atoms with Crippen LogP contribution in [0.4, 0.5) is 11.5 Å². The lowest BCUT2D eigenvalue weighted by atomic mass is 10.3. The van der Waals surface area contributed by atoms with E-state index in [-0.39, 0.29) is 22.4 Å². The van der Waals surface area contributed by atoms with Crippen LogP contribution in [-0.2, 0) is 10.0 Å². The van der Waals surface area contributed by atoms with Crippen molar-refractivity contribution in [3.8, 4) is 5.82 Å². The molecule has 0 saturated heterocycles. The number of thiophene rings is 1. The van der Waals surface area contributed by atoms with Crippen molar-refractivity contribution < 1.29 is 17.8 Å². The number of benzene rings is 2. The van der Waals surface area contributed by atoms with Gasteiger partial charge in [0.25, 0.3) is 15.9 Å². The van der Waals surface area contributed by atoms with Crippen LogP contribution >= 0.6 is 11.3 Å². The normalized spacial score (nSPS) is 11.3. The molecule has 10 heteroatoms. The van der Waals surface area contributed by atoms with Gasteiger partial charge in [0.15, 0.2) is 0 Å². The summed E-state index contributed by atoms with van der Waals surface area (Å²) in [7, 11) is -3.91. The number of rotatable bonds is 6. The van der Waals surface area contributed by atoms with E-state index in [9.17, 15) is 13.2 Å². The molecule has 0 aliphatic rings. The van der Waals surface area contributed by atoms with Gasteiger partial charge in [0.05, 0.1) is 21.7 Å². The fourth-order valence-corrected chi connectivity index (χ4v) is 4.95. The Kier molecular flexibility index (Phi) is 5.74. The smallest absolute Gasteiger partial charge is 0.318 e. The summed E-state index contributed by atoms with van der Waals surface area (Å²) in [5.74, 6) is 0.0991. The molecule has 34 heavy (non-hydrogen) atoms. The number of nitrogens with zero attached hydrogens (tertiary/aromatic N) is 3. The summed E-state index contributed by atoms with van der Waals surface area (Å²) in [4.78, 5) is 22.4. The van der Waals surface area contributed by atoms with Gasteiger partial charge >= 0.3 is 5.82 Å². The molecular formula is C24H18N5O3S2+. The average molecular weight is 489 g/mol. The number of anilines is 2. The summed E-state index contributed by atoms with van der Waals surface area (Å²) in [5.41, 5.74) is 1.66. The second-order valence-corrected chi connectivity index (χ2v) is 9.86. The number of fused-ring (bicyclic) bond motifs is 1. The highest BCUT2D eigenvalue weighted by molar-refractivity contribution is 7.92. The largest absolute Gasteiger partial charge is 0.372 e. The highest BCUT2D eigenvalue weighted by Gasteiger charge is 2.25. The molecule has 0 radical (unpaired) electrons. The fourth-order valence-electron chi connectivity index (χ4n) is 3.31. The summed E-state index contributed by atoms with van der Waals surface area (Å²) in [6.07, 6.45) is 3.37. The van der Waals surface area contributed by atoms with Crippen molar-refractivity contribution in [2.75, 3.05) is 10.0 Å². The highest BCUT2D eigenvalue weighted by Crippen LogP contribution is 2.21. The highest BCUT2D eigenvalue weighted by atomic mass is 32.2. The van der Waals surface area contributed by atoms with Crippen LogP contribution in [0.15, 0.2) is 102 Å². The first-order valence-corrected chi connectivity index (χ1v) is 12.6. The van der Waals surface area contributed by atoms with E-state index in [4.69, 9.17) is 0 Å². The topological polar surface area (TPSA) is 105 Å². The van der Waals surface area contributed by atoms with Crippen LogP contribution in [0, 0.1) is 0 Å². The predicted octanol–water partition coefficient (Wildman–Crippen LogP) is 4.02. The number of carbonyl (C=O) groups is 1. The van der Waals surface area contributed by atoms with Crippen molar-refractivity contribution in [3.05, 3.63) is 102 Å². The number of sulfonamides is 1. The Bertz CT molecular complexity index is 1590. The molecule has 2 aromatic carbocycles. The molecule has 3 heterocycles. The molecule has 0 bridgehead atoms. The molecule has 0 fully saturated rings. The number of hydrogen-bond acceptors (Lipinski definition) is 6. The summed E-state index contributed by atoms with van der Waals surface area (Å²) in [6.45, 7) is 0. The molecule has 5 aromatic rings.